The standard InChI is InChI=1S/C25H22N4O11S3.Na/c1-3-40-22-14-21(27-26-19-11-10-15(29(31)32)12-23(19)41(2,33)34)24-18(25(22)30)8-5-9-20(24)28-42(35,36)16-6-4-7-17(13-16)43(37,38)39;/h4-14,28,30H,3H2,1-2H3,(H,37,38,39);/q;+1/p-1. The van der Waals surface area contributed by atoms with Gasteiger partial charge in [0.15, 0.2) is 21.3 Å². The predicted molar refractivity (Wildman–Crippen MR) is 152 cm³/mol. The van der Waals surface area contributed by atoms with Crippen LogP contribution in [0.2, 0.25) is 0 Å². The SMILES string of the molecule is CCOc1cc(N=Nc2ccc([N+](=O)[O-])cc2S(C)(=O)=O)c2c(NS(=O)(=O)c3cccc(S(=O)(=O)[O-])c3)cccc2c1O.[Na+]. The number of phenolic OH excluding ortho intramolecular Hbond substituents is 1. The number of nitro groups is 1. The quantitative estimate of drug-likeness (QED) is 0.0802. The predicted octanol–water partition coefficient (Wildman–Crippen LogP) is 1.38. The van der Waals surface area contributed by atoms with E-state index < -0.39 is 55.3 Å². The van der Waals surface area contributed by atoms with Gasteiger partial charge in [-0.25, -0.2) is 25.3 Å². The zero-order valence-corrected chi connectivity index (χ0v) is 27.6. The van der Waals surface area contributed by atoms with Gasteiger partial charge >= 0.3 is 29.6 Å². The third kappa shape index (κ3) is 7.52. The van der Waals surface area contributed by atoms with Gasteiger partial charge in [0.1, 0.15) is 20.7 Å². The average molecular weight is 673 g/mol. The van der Waals surface area contributed by atoms with Crippen molar-refractivity contribution in [3.8, 4) is 11.5 Å². The van der Waals surface area contributed by atoms with Crippen LogP contribution in [0.15, 0.2) is 91.6 Å². The molecule has 44 heavy (non-hydrogen) atoms. The summed E-state index contributed by atoms with van der Waals surface area (Å²) in [6.07, 6.45) is 0.828. The molecule has 0 spiro atoms. The number of azo groups is 1. The van der Waals surface area contributed by atoms with E-state index in [1.165, 1.54) is 24.3 Å². The summed E-state index contributed by atoms with van der Waals surface area (Å²) >= 11 is 0. The van der Waals surface area contributed by atoms with Gasteiger partial charge in [-0.05, 0) is 37.3 Å². The molecule has 0 aliphatic rings. The topological polar surface area (TPSA) is 235 Å². The molecule has 4 aromatic carbocycles. The molecule has 2 N–H and O–H groups in total. The number of hydrogen-bond acceptors (Lipinski definition) is 13. The van der Waals surface area contributed by atoms with Crippen molar-refractivity contribution in [3.05, 3.63) is 76.8 Å². The molecular weight excluding hydrogens is 651 g/mol. The fourth-order valence-corrected chi connectivity index (χ4v) is 6.49. The Bertz CT molecular complexity index is 2140. The molecular formula is C25H21N4NaO11S3. The van der Waals surface area contributed by atoms with Crippen molar-refractivity contribution >= 4 is 63.5 Å². The minimum Gasteiger partial charge on any atom is -0.744 e. The van der Waals surface area contributed by atoms with E-state index in [0.29, 0.717) is 6.07 Å². The van der Waals surface area contributed by atoms with Crippen LogP contribution < -0.4 is 39.0 Å². The van der Waals surface area contributed by atoms with Crippen LogP contribution in [-0.4, -0.2) is 52.7 Å². The Hall–Kier alpha value is -3.65. The summed E-state index contributed by atoms with van der Waals surface area (Å²) in [4.78, 5) is 8.59. The van der Waals surface area contributed by atoms with E-state index in [0.717, 1.165) is 42.7 Å². The monoisotopic (exact) mass is 672 g/mol. The van der Waals surface area contributed by atoms with Gasteiger partial charge in [0, 0.05) is 35.2 Å². The third-order valence-corrected chi connectivity index (χ3v) is 9.17. The van der Waals surface area contributed by atoms with Crippen molar-refractivity contribution in [1.82, 2.24) is 0 Å². The summed E-state index contributed by atoms with van der Waals surface area (Å²) in [5, 5.41) is 30.1. The average Bonchev–Trinajstić information content (AvgIpc) is 2.93. The van der Waals surface area contributed by atoms with Crippen molar-refractivity contribution in [2.45, 2.75) is 21.6 Å². The molecule has 0 aliphatic heterocycles. The minimum atomic E-state index is -4.97. The summed E-state index contributed by atoms with van der Waals surface area (Å²) in [5.41, 5.74) is -1.03. The van der Waals surface area contributed by atoms with Crippen molar-refractivity contribution < 1.29 is 74.1 Å². The van der Waals surface area contributed by atoms with Crippen LogP contribution >= 0.6 is 0 Å². The minimum absolute atomic E-state index is 0. The molecule has 226 valence electrons. The van der Waals surface area contributed by atoms with Crippen molar-refractivity contribution in [3.63, 3.8) is 0 Å². The summed E-state index contributed by atoms with van der Waals surface area (Å²) < 4.78 is 93.2. The molecule has 0 atom stereocenters. The number of nitrogens with zero attached hydrogens (tertiary/aromatic N) is 3. The van der Waals surface area contributed by atoms with E-state index in [9.17, 15) is 45.0 Å². The van der Waals surface area contributed by atoms with Gasteiger partial charge in [-0.15, -0.1) is 10.2 Å². The number of fused-ring (bicyclic) bond motifs is 1. The van der Waals surface area contributed by atoms with Crippen LogP contribution in [0, 0.1) is 10.1 Å². The number of ether oxygens (including phenoxy) is 1. The number of aromatic hydroxyl groups is 1. The Morgan fingerprint density at radius 2 is 1.55 bits per heavy atom. The van der Waals surface area contributed by atoms with Crippen LogP contribution in [0.5, 0.6) is 11.5 Å². The Kier molecular flexibility index (Phi) is 10.4. The van der Waals surface area contributed by atoms with E-state index in [-0.39, 0.29) is 75.5 Å². The van der Waals surface area contributed by atoms with Gasteiger partial charge < -0.3 is 14.4 Å². The van der Waals surface area contributed by atoms with Gasteiger partial charge in [-0.3, -0.25) is 14.8 Å². The fraction of sp³-hybridized carbons (Fsp3) is 0.120. The first-order chi connectivity index (χ1) is 20.0. The summed E-state index contributed by atoms with van der Waals surface area (Å²) in [6, 6.07) is 12.0. The maximum absolute atomic E-state index is 13.2. The van der Waals surface area contributed by atoms with Crippen molar-refractivity contribution in [2.24, 2.45) is 10.2 Å². The molecule has 0 aliphatic carbocycles. The van der Waals surface area contributed by atoms with Crippen LogP contribution in [0.1, 0.15) is 6.92 Å². The van der Waals surface area contributed by atoms with Gasteiger partial charge in [0.05, 0.1) is 32.7 Å². The number of nitro benzene ring substituents is 1. The summed E-state index contributed by atoms with van der Waals surface area (Å²) in [6.45, 7) is 1.75. The molecule has 0 heterocycles. The molecule has 4 rings (SSSR count). The van der Waals surface area contributed by atoms with E-state index in [4.69, 9.17) is 4.74 Å². The Labute approximate surface area is 273 Å². The number of sulfonamides is 1. The Balaban J connectivity index is 0.00000529. The van der Waals surface area contributed by atoms with Crippen molar-refractivity contribution in [2.75, 3.05) is 17.6 Å². The summed E-state index contributed by atoms with van der Waals surface area (Å²) in [5.74, 6) is -0.451. The van der Waals surface area contributed by atoms with Crippen LogP contribution in [0.4, 0.5) is 22.7 Å². The number of non-ortho nitro benzene ring substituents is 1. The second-order valence-corrected chi connectivity index (χ2v) is 13.9. The van der Waals surface area contributed by atoms with Crippen LogP contribution in [-0.2, 0) is 30.0 Å². The molecule has 0 fully saturated rings. The first-order valence-corrected chi connectivity index (χ1v) is 16.7. The Morgan fingerprint density at radius 3 is 2.16 bits per heavy atom. The number of rotatable bonds is 10. The second-order valence-electron chi connectivity index (χ2n) is 8.82. The first-order valence-electron chi connectivity index (χ1n) is 11.9. The summed E-state index contributed by atoms with van der Waals surface area (Å²) in [7, 11) is -13.5. The number of nitrogens with one attached hydrogen (secondary N) is 1. The zero-order valence-electron chi connectivity index (χ0n) is 23.2. The molecule has 0 unspecified atom stereocenters. The molecule has 0 saturated carbocycles. The maximum atomic E-state index is 13.2. The maximum Gasteiger partial charge on any atom is 1.00 e. The first kappa shape index (κ1) is 34.8. The largest absolute Gasteiger partial charge is 1.00 e. The molecule has 4 aromatic rings. The smallest absolute Gasteiger partial charge is 0.744 e. The number of anilines is 1. The fourth-order valence-electron chi connectivity index (χ4n) is 3.96. The number of sulfone groups is 1. The van der Waals surface area contributed by atoms with E-state index in [1.807, 2.05) is 0 Å². The van der Waals surface area contributed by atoms with Crippen LogP contribution in [0.3, 0.4) is 0 Å². The van der Waals surface area contributed by atoms with Crippen molar-refractivity contribution in [1.29, 1.82) is 0 Å². The van der Waals surface area contributed by atoms with Gasteiger partial charge in [0.25, 0.3) is 15.7 Å². The molecule has 0 saturated heterocycles. The molecule has 0 radical (unpaired) electrons. The normalized spacial score (nSPS) is 12.2. The van der Waals surface area contributed by atoms with Crippen LogP contribution in [0.25, 0.3) is 10.8 Å². The number of hydrogen-bond donors (Lipinski definition) is 2. The van der Waals surface area contributed by atoms with E-state index in [1.54, 1.807) is 6.92 Å². The molecule has 19 heteroatoms. The molecule has 15 nitrogen and oxygen atoms in total. The van der Waals surface area contributed by atoms with Gasteiger partial charge in [-0.1, -0.05) is 18.2 Å². The molecule has 0 bridgehead atoms. The van der Waals surface area contributed by atoms with Gasteiger partial charge in [-0.2, -0.15) is 0 Å². The van der Waals surface area contributed by atoms with E-state index in [2.05, 4.69) is 15.0 Å². The zero-order chi connectivity index (χ0) is 31.7. The number of phenols is 1. The van der Waals surface area contributed by atoms with E-state index >= 15 is 0 Å². The van der Waals surface area contributed by atoms with Gasteiger partial charge in [0.2, 0.25) is 0 Å². The second kappa shape index (κ2) is 13.1. The molecule has 0 amide bonds. The Morgan fingerprint density at radius 1 is 0.909 bits per heavy atom. The third-order valence-electron chi connectivity index (χ3n) is 5.84. The number of benzene rings is 4. The molecule has 0 aromatic heterocycles.